The van der Waals surface area contributed by atoms with Crippen molar-refractivity contribution in [2.45, 2.75) is 6.42 Å². The molecule has 0 N–H and O–H groups in total. The third-order valence-electron chi connectivity index (χ3n) is 4.49. The van der Waals surface area contributed by atoms with Gasteiger partial charge in [-0.15, -0.1) is 0 Å². The molecule has 1 aliphatic rings. The number of carbonyl (C=O) groups is 1. The third-order valence-corrected chi connectivity index (χ3v) is 4.49. The summed E-state index contributed by atoms with van der Waals surface area (Å²) in [6.45, 7) is 3.39. The van der Waals surface area contributed by atoms with Crippen LogP contribution >= 0.6 is 0 Å². The summed E-state index contributed by atoms with van der Waals surface area (Å²) < 4.78 is 31.8. The summed E-state index contributed by atoms with van der Waals surface area (Å²) >= 11 is 0. The predicted molar refractivity (Wildman–Crippen MR) is 95.9 cm³/mol. The van der Waals surface area contributed by atoms with E-state index in [1.807, 2.05) is 30.3 Å². The van der Waals surface area contributed by atoms with Crippen molar-refractivity contribution in [2.24, 2.45) is 0 Å². The fraction of sp³-hybridized carbons (Fsp3) is 0.0455. The molecule has 0 aromatic heterocycles. The van der Waals surface area contributed by atoms with Crippen LogP contribution in [-0.2, 0) is 11.2 Å². The zero-order chi connectivity index (χ0) is 18.3. The number of esters is 1. The molecule has 3 aromatic rings. The maximum atomic E-state index is 13.5. The van der Waals surface area contributed by atoms with Gasteiger partial charge in [0.1, 0.15) is 5.75 Å². The molecule has 128 valence electrons. The smallest absolute Gasteiger partial charge is 0.335 e. The van der Waals surface area contributed by atoms with E-state index in [1.165, 1.54) is 6.07 Å². The van der Waals surface area contributed by atoms with Gasteiger partial charge in [-0.2, -0.15) is 0 Å². The predicted octanol–water partition coefficient (Wildman–Crippen LogP) is 5.29. The molecule has 0 unspecified atom stereocenters. The number of hydrogen-bond donors (Lipinski definition) is 0. The van der Waals surface area contributed by atoms with Crippen LogP contribution in [0.2, 0.25) is 0 Å². The third kappa shape index (κ3) is 2.80. The van der Waals surface area contributed by atoms with E-state index in [4.69, 9.17) is 4.74 Å². The molecule has 0 saturated carbocycles. The minimum atomic E-state index is -0.861. The van der Waals surface area contributed by atoms with Crippen LogP contribution in [0, 0.1) is 11.6 Å². The number of ether oxygens (including phenoxy) is 1. The van der Waals surface area contributed by atoms with Gasteiger partial charge in [-0.1, -0.05) is 36.9 Å². The SMILES string of the molecule is C=CC(=O)Oc1ccc2c(c1)Cc1cc(-c3ccc(F)c(F)c3)ccc1-2. The van der Waals surface area contributed by atoms with E-state index in [9.17, 15) is 13.6 Å². The first-order valence-corrected chi connectivity index (χ1v) is 8.11. The molecule has 3 aromatic carbocycles. The summed E-state index contributed by atoms with van der Waals surface area (Å²) in [6, 6.07) is 15.3. The van der Waals surface area contributed by atoms with E-state index >= 15 is 0 Å². The molecular weight excluding hydrogens is 334 g/mol. The lowest BCUT2D eigenvalue weighted by molar-refractivity contribution is -0.128. The standard InChI is InChI=1S/C22H14F2O2/c1-2-22(25)26-17-5-7-19-16(11-17)10-15-9-13(3-6-18(15)19)14-4-8-20(23)21(24)12-14/h2-9,11-12H,1,10H2. The summed E-state index contributed by atoms with van der Waals surface area (Å²) in [6.07, 6.45) is 1.80. The number of rotatable bonds is 3. The molecule has 2 nitrogen and oxygen atoms in total. The Morgan fingerprint density at radius 2 is 1.54 bits per heavy atom. The van der Waals surface area contributed by atoms with E-state index in [1.54, 1.807) is 12.1 Å². The second-order valence-corrected chi connectivity index (χ2v) is 6.12. The molecule has 26 heavy (non-hydrogen) atoms. The molecule has 0 fully saturated rings. The van der Waals surface area contributed by atoms with Crippen molar-refractivity contribution < 1.29 is 18.3 Å². The summed E-state index contributed by atoms with van der Waals surface area (Å²) in [5.41, 5.74) is 5.77. The van der Waals surface area contributed by atoms with Gasteiger partial charge in [0, 0.05) is 6.08 Å². The van der Waals surface area contributed by atoms with Crippen molar-refractivity contribution in [3.63, 3.8) is 0 Å². The maximum absolute atomic E-state index is 13.5. The molecule has 0 amide bonds. The van der Waals surface area contributed by atoms with Gasteiger partial charge >= 0.3 is 5.97 Å². The Balaban J connectivity index is 1.68. The number of halogens is 2. The van der Waals surface area contributed by atoms with Crippen LogP contribution < -0.4 is 4.74 Å². The van der Waals surface area contributed by atoms with E-state index in [0.29, 0.717) is 17.7 Å². The van der Waals surface area contributed by atoms with Crippen molar-refractivity contribution >= 4 is 5.97 Å². The normalized spacial score (nSPS) is 11.6. The number of benzene rings is 3. The van der Waals surface area contributed by atoms with Crippen molar-refractivity contribution in [3.05, 3.63) is 90.0 Å². The van der Waals surface area contributed by atoms with Gasteiger partial charge in [-0.3, -0.25) is 0 Å². The lowest BCUT2D eigenvalue weighted by Crippen LogP contribution is -2.03. The molecule has 1 aliphatic carbocycles. The second kappa shape index (κ2) is 6.23. The maximum Gasteiger partial charge on any atom is 0.335 e. The molecule has 4 heteroatoms. The second-order valence-electron chi connectivity index (χ2n) is 6.12. The van der Waals surface area contributed by atoms with Crippen LogP contribution in [0.15, 0.2) is 67.3 Å². The fourth-order valence-corrected chi connectivity index (χ4v) is 3.26. The van der Waals surface area contributed by atoms with Gasteiger partial charge in [0.25, 0.3) is 0 Å². The van der Waals surface area contributed by atoms with Crippen LogP contribution in [0.3, 0.4) is 0 Å². The molecule has 0 radical (unpaired) electrons. The Hall–Kier alpha value is -3.27. The average Bonchev–Trinajstić information content (AvgIpc) is 3.00. The highest BCUT2D eigenvalue weighted by atomic mass is 19.2. The van der Waals surface area contributed by atoms with Gasteiger partial charge in [0.2, 0.25) is 0 Å². The average molecular weight is 348 g/mol. The topological polar surface area (TPSA) is 26.3 Å². The fourth-order valence-electron chi connectivity index (χ4n) is 3.26. The van der Waals surface area contributed by atoms with Crippen LogP contribution in [0.4, 0.5) is 8.78 Å². The molecule has 0 aliphatic heterocycles. The van der Waals surface area contributed by atoms with Gasteiger partial charge < -0.3 is 4.74 Å². The molecule has 0 bridgehead atoms. The Bertz CT molecular complexity index is 1050. The Labute approximate surface area is 149 Å². The van der Waals surface area contributed by atoms with Crippen LogP contribution in [0.1, 0.15) is 11.1 Å². The molecule has 0 atom stereocenters. The van der Waals surface area contributed by atoms with Crippen LogP contribution in [-0.4, -0.2) is 5.97 Å². The number of carbonyl (C=O) groups excluding carboxylic acids is 1. The first-order valence-electron chi connectivity index (χ1n) is 8.11. The summed E-state index contributed by atoms with van der Waals surface area (Å²) in [7, 11) is 0. The lowest BCUT2D eigenvalue weighted by atomic mass is 9.99. The lowest BCUT2D eigenvalue weighted by Gasteiger charge is -2.07. The Morgan fingerprint density at radius 1 is 0.885 bits per heavy atom. The minimum absolute atomic E-state index is 0.474. The Kier molecular flexibility index (Phi) is 3.88. The van der Waals surface area contributed by atoms with E-state index < -0.39 is 17.6 Å². The quantitative estimate of drug-likeness (QED) is 0.285. The van der Waals surface area contributed by atoms with Gasteiger partial charge in [0.05, 0.1) is 0 Å². The molecular formula is C22H14F2O2. The molecule has 0 saturated heterocycles. The minimum Gasteiger partial charge on any atom is -0.423 e. The van der Waals surface area contributed by atoms with Crippen molar-refractivity contribution in [1.82, 2.24) is 0 Å². The van der Waals surface area contributed by atoms with Gasteiger partial charge in [-0.25, -0.2) is 13.6 Å². The first-order chi connectivity index (χ1) is 12.5. The monoisotopic (exact) mass is 348 g/mol. The van der Waals surface area contributed by atoms with Crippen LogP contribution in [0.25, 0.3) is 22.3 Å². The van der Waals surface area contributed by atoms with E-state index in [0.717, 1.165) is 40.0 Å². The Morgan fingerprint density at radius 3 is 2.27 bits per heavy atom. The number of fused-ring (bicyclic) bond motifs is 3. The highest BCUT2D eigenvalue weighted by Crippen LogP contribution is 2.40. The summed E-state index contributed by atoms with van der Waals surface area (Å²) in [5, 5.41) is 0. The van der Waals surface area contributed by atoms with Gasteiger partial charge in [-0.05, 0) is 64.1 Å². The van der Waals surface area contributed by atoms with Crippen molar-refractivity contribution in [3.8, 4) is 28.0 Å². The summed E-state index contributed by atoms with van der Waals surface area (Å²) in [5.74, 6) is -1.74. The van der Waals surface area contributed by atoms with E-state index in [2.05, 4.69) is 6.58 Å². The highest BCUT2D eigenvalue weighted by Gasteiger charge is 2.20. The first kappa shape index (κ1) is 16.2. The van der Waals surface area contributed by atoms with Crippen molar-refractivity contribution in [2.75, 3.05) is 0 Å². The van der Waals surface area contributed by atoms with Crippen molar-refractivity contribution in [1.29, 1.82) is 0 Å². The highest BCUT2D eigenvalue weighted by molar-refractivity contribution is 5.84. The van der Waals surface area contributed by atoms with E-state index in [-0.39, 0.29) is 0 Å². The number of hydrogen-bond acceptors (Lipinski definition) is 2. The zero-order valence-corrected chi connectivity index (χ0v) is 13.8. The molecule has 0 spiro atoms. The summed E-state index contributed by atoms with van der Waals surface area (Å²) in [4.78, 5) is 11.4. The molecule has 4 rings (SSSR count). The van der Waals surface area contributed by atoms with Crippen LogP contribution in [0.5, 0.6) is 5.75 Å². The largest absolute Gasteiger partial charge is 0.423 e. The molecule has 0 heterocycles. The zero-order valence-electron chi connectivity index (χ0n) is 13.8. The van der Waals surface area contributed by atoms with Gasteiger partial charge in [0.15, 0.2) is 11.6 Å².